The Bertz CT molecular complexity index is 1130. The Labute approximate surface area is 169 Å². The fraction of sp³-hybridized carbons (Fsp3) is 0.273. The van der Waals surface area contributed by atoms with Gasteiger partial charge in [-0.05, 0) is 35.7 Å². The molecule has 1 atom stereocenters. The van der Waals surface area contributed by atoms with E-state index in [1.807, 2.05) is 25.1 Å². The van der Waals surface area contributed by atoms with E-state index in [0.29, 0.717) is 34.6 Å². The van der Waals surface area contributed by atoms with Gasteiger partial charge in [0.1, 0.15) is 5.41 Å². The quantitative estimate of drug-likeness (QED) is 0.317. The minimum Gasteiger partial charge on any atom is -0.361 e. The van der Waals surface area contributed by atoms with E-state index in [1.165, 1.54) is 12.4 Å². The van der Waals surface area contributed by atoms with Gasteiger partial charge in [0.15, 0.2) is 0 Å². The lowest BCUT2D eigenvalue weighted by atomic mass is 9.70. The average molecular weight is 449 g/mol. The van der Waals surface area contributed by atoms with Crippen molar-refractivity contribution in [1.82, 2.24) is 9.97 Å². The number of aromatic amines is 2. The minimum absolute atomic E-state index is 0.00212. The Morgan fingerprint density at radius 3 is 2.21 bits per heavy atom. The molecule has 0 saturated heterocycles. The van der Waals surface area contributed by atoms with Crippen molar-refractivity contribution < 1.29 is 13.2 Å². The van der Waals surface area contributed by atoms with Gasteiger partial charge in [0.2, 0.25) is 0 Å². The van der Waals surface area contributed by atoms with Gasteiger partial charge in [-0.3, -0.25) is 0 Å². The maximum atomic E-state index is 14.9. The molecule has 146 valence electrons. The van der Waals surface area contributed by atoms with Crippen LogP contribution in [0.5, 0.6) is 0 Å². The molecule has 4 aromatic rings. The topological polar surface area (TPSA) is 31.6 Å². The fourth-order valence-corrected chi connectivity index (χ4v) is 4.54. The number of halogens is 4. The zero-order valence-corrected chi connectivity index (χ0v) is 16.9. The summed E-state index contributed by atoms with van der Waals surface area (Å²) in [6.07, 6.45) is -0.225. The van der Waals surface area contributed by atoms with Crippen LogP contribution in [0.15, 0.2) is 59.3 Å². The SMILES string of the molecule is CCCCC(c1c[nH]c2ccccc12)(c1c[nH]c2cc(Br)ccc12)C(F)(F)F. The van der Waals surface area contributed by atoms with Gasteiger partial charge < -0.3 is 9.97 Å². The number of unbranched alkanes of at least 4 members (excludes halogenated alkanes) is 1. The lowest BCUT2D eigenvalue weighted by molar-refractivity contribution is -0.179. The van der Waals surface area contributed by atoms with Gasteiger partial charge in [0.25, 0.3) is 0 Å². The van der Waals surface area contributed by atoms with Gasteiger partial charge in [-0.15, -0.1) is 0 Å². The van der Waals surface area contributed by atoms with Crippen molar-refractivity contribution in [2.45, 2.75) is 37.8 Å². The number of para-hydroxylation sites is 1. The summed E-state index contributed by atoms with van der Waals surface area (Å²) in [4.78, 5) is 6.10. The molecular weight excluding hydrogens is 429 g/mol. The summed E-state index contributed by atoms with van der Waals surface area (Å²) in [5.74, 6) is 0. The zero-order valence-electron chi connectivity index (χ0n) is 15.3. The van der Waals surface area contributed by atoms with Crippen LogP contribution in [0.3, 0.4) is 0 Å². The highest BCUT2D eigenvalue weighted by molar-refractivity contribution is 9.10. The first-order valence-corrected chi connectivity index (χ1v) is 10.1. The standard InChI is InChI=1S/C22H20BrF3N2/c1-2-3-10-21(22(24,25)26,17-12-27-19-7-5-4-6-15(17)19)18-13-28-20-11-14(23)8-9-16(18)20/h4-9,11-13,27-28H,2-3,10H2,1H3. The smallest absolute Gasteiger partial charge is 0.361 e. The Hall–Kier alpha value is -2.21. The molecule has 0 fully saturated rings. The van der Waals surface area contributed by atoms with E-state index in [2.05, 4.69) is 25.9 Å². The Morgan fingerprint density at radius 1 is 0.893 bits per heavy atom. The predicted octanol–water partition coefficient (Wildman–Crippen LogP) is 7.45. The third-order valence-corrected chi connectivity index (χ3v) is 6.04. The number of H-pyrrole nitrogens is 2. The second kappa shape index (κ2) is 6.99. The number of hydrogen-bond donors (Lipinski definition) is 2. The number of rotatable bonds is 5. The van der Waals surface area contributed by atoms with Gasteiger partial charge >= 0.3 is 6.18 Å². The molecule has 2 aromatic heterocycles. The van der Waals surface area contributed by atoms with Crippen molar-refractivity contribution in [2.75, 3.05) is 0 Å². The molecule has 28 heavy (non-hydrogen) atoms. The van der Waals surface area contributed by atoms with E-state index in [4.69, 9.17) is 0 Å². The van der Waals surface area contributed by atoms with Crippen molar-refractivity contribution in [1.29, 1.82) is 0 Å². The fourth-order valence-electron chi connectivity index (χ4n) is 4.18. The number of hydrogen-bond acceptors (Lipinski definition) is 0. The van der Waals surface area contributed by atoms with Gasteiger partial charge in [-0.1, -0.05) is 60.0 Å². The van der Waals surface area contributed by atoms with Crippen molar-refractivity contribution >= 4 is 37.7 Å². The molecule has 0 aliphatic rings. The molecule has 2 aromatic carbocycles. The molecule has 4 rings (SSSR count). The maximum absolute atomic E-state index is 14.9. The summed E-state index contributed by atoms with van der Waals surface area (Å²) in [6, 6.07) is 12.5. The molecule has 0 amide bonds. The molecule has 2 nitrogen and oxygen atoms in total. The molecule has 2 heterocycles. The molecule has 0 radical (unpaired) electrons. The number of fused-ring (bicyclic) bond motifs is 2. The van der Waals surface area contributed by atoms with Gasteiger partial charge in [-0.25, -0.2) is 0 Å². The lowest BCUT2D eigenvalue weighted by Gasteiger charge is -2.36. The summed E-state index contributed by atoms with van der Waals surface area (Å²) in [5.41, 5.74) is -0.123. The maximum Gasteiger partial charge on any atom is 0.402 e. The van der Waals surface area contributed by atoms with E-state index in [9.17, 15) is 13.2 Å². The van der Waals surface area contributed by atoms with Crippen LogP contribution in [0.25, 0.3) is 21.8 Å². The highest BCUT2D eigenvalue weighted by Gasteiger charge is 2.58. The zero-order chi connectivity index (χ0) is 19.9. The average Bonchev–Trinajstić information content (AvgIpc) is 3.26. The van der Waals surface area contributed by atoms with Crippen molar-refractivity contribution in [2.24, 2.45) is 0 Å². The third-order valence-electron chi connectivity index (χ3n) is 5.54. The summed E-state index contributed by atoms with van der Waals surface area (Å²) in [6.45, 7) is 1.92. The summed E-state index contributed by atoms with van der Waals surface area (Å²) < 4.78 is 45.6. The van der Waals surface area contributed by atoms with E-state index >= 15 is 0 Å². The second-order valence-electron chi connectivity index (χ2n) is 7.15. The van der Waals surface area contributed by atoms with E-state index in [0.717, 1.165) is 4.47 Å². The van der Waals surface area contributed by atoms with Crippen LogP contribution in [-0.2, 0) is 5.41 Å². The second-order valence-corrected chi connectivity index (χ2v) is 8.06. The van der Waals surface area contributed by atoms with Crippen LogP contribution >= 0.6 is 15.9 Å². The monoisotopic (exact) mass is 448 g/mol. The molecule has 0 aliphatic heterocycles. The summed E-state index contributed by atoms with van der Waals surface area (Å²) >= 11 is 3.40. The van der Waals surface area contributed by atoms with Crippen LogP contribution < -0.4 is 0 Å². The molecule has 0 bridgehead atoms. The largest absolute Gasteiger partial charge is 0.402 e. The van der Waals surface area contributed by atoms with Crippen LogP contribution in [0, 0.1) is 0 Å². The minimum atomic E-state index is -4.45. The Morgan fingerprint density at radius 2 is 1.54 bits per heavy atom. The number of alkyl halides is 3. The predicted molar refractivity (Wildman–Crippen MR) is 111 cm³/mol. The summed E-state index contributed by atoms with van der Waals surface area (Å²) in [7, 11) is 0. The highest BCUT2D eigenvalue weighted by atomic mass is 79.9. The van der Waals surface area contributed by atoms with Crippen LogP contribution in [0.1, 0.15) is 37.3 Å². The molecule has 2 N–H and O–H groups in total. The summed E-state index contributed by atoms with van der Waals surface area (Å²) in [5, 5.41) is 1.21. The van der Waals surface area contributed by atoms with Crippen molar-refractivity contribution in [3.63, 3.8) is 0 Å². The van der Waals surface area contributed by atoms with Gasteiger partial charge in [-0.2, -0.15) is 13.2 Å². The first-order valence-electron chi connectivity index (χ1n) is 9.29. The molecule has 0 spiro atoms. The third kappa shape index (κ3) is 2.85. The Balaban J connectivity index is 2.08. The van der Waals surface area contributed by atoms with E-state index < -0.39 is 11.6 Å². The van der Waals surface area contributed by atoms with Crippen molar-refractivity contribution in [3.8, 4) is 0 Å². The molecular formula is C22H20BrF3N2. The normalized spacial score (nSPS) is 14.6. The first kappa shape index (κ1) is 19.1. The molecule has 6 heteroatoms. The van der Waals surface area contributed by atoms with E-state index in [1.54, 1.807) is 24.3 Å². The highest BCUT2D eigenvalue weighted by Crippen LogP contribution is 2.53. The first-order chi connectivity index (χ1) is 13.4. The van der Waals surface area contributed by atoms with Gasteiger partial charge in [0.05, 0.1) is 0 Å². The number of nitrogens with one attached hydrogen (secondary N) is 2. The molecule has 1 unspecified atom stereocenters. The van der Waals surface area contributed by atoms with Crippen LogP contribution in [-0.4, -0.2) is 16.1 Å². The molecule has 0 aliphatic carbocycles. The number of benzene rings is 2. The van der Waals surface area contributed by atoms with Crippen LogP contribution in [0.4, 0.5) is 13.2 Å². The molecule has 0 saturated carbocycles. The lowest BCUT2D eigenvalue weighted by Crippen LogP contribution is -2.43. The van der Waals surface area contributed by atoms with Gasteiger partial charge in [0, 0.05) is 38.7 Å². The Kier molecular flexibility index (Phi) is 4.78. The van der Waals surface area contributed by atoms with Crippen LogP contribution in [0.2, 0.25) is 0 Å². The van der Waals surface area contributed by atoms with Crippen molar-refractivity contribution in [3.05, 3.63) is 70.5 Å². The van der Waals surface area contributed by atoms with E-state index in [-0.39, 0.29) is 17.5 Å². The number of aromatic nitrogens is 2.